The molecule has 2 saturated heterocycles. The second-order valence-electron chi connectivity index (χ2n) is 9.45. The Bertz CT molecular complexity index is 1520. The van der Waals surface area contributed by atoms with E-state index >= 15 is 8.78 Å². The molecule has 0 unspecified atom stereocenters. The molecule has 1 atom stereocenters. The summed E-state index contributed by atoms with van der Waals surface area (Å²) in [5, 5.41) is 9.03. The number of hydrogen-bond acceptors (Lipinski definition) is 7. The van der Waals surface area contributed by atoms with Gasteiger partial charge in [0.1, 0.15) is 40.6 Å². The SMILES string of the molecule is Cc1ccn2c(C[C@H]3CN(C(=C=O)CC#N)CCO3)c(-c3c(F)cc(N4CCCC4=C=O)cc3F)nc2c1. The van der Waals surface area contributed by atoms with Gasteiger partial charge in [-0.2, -0.15) is 5.26 Å². The van der Waals surface area contributed by atoms with Gasteiger partial charge in [-0.05, 0) is 43.2 Å². The van der Waals surface area contributed by atoms with E-state index < -0.39 is 17.7 Å². The fraction of sp³-hybridized carbons (Fsp3) is 0.357. The second-order valence-corrected chi connectivity index (χ2v) is 9.45. The molecule has 2 aliphatic rings. The van der Waals surface area contributed by atoms with E-state index in [1.807, 2.05) is 37.0 Å². The summed E-state index contributed by atoms with van der Waals surface area (Å²) >= 11 is 0. The van der Waals surface area contributed by atoms with Crippen LogP contribution >= 0.6 is 0 Å². The number of nitrogens with zero attached hydrogens (tertiary/aromatic N) is 5. The molecular weight excluding hydrogens is 492 g/mol. The van der Waals surface area contributed by atoms with E-state index in [0.29, 0.717) is 56.1 Å². The summed E-state index contributed by atoms with van der Waals surface area (Å²) in [5.41, 5.74) is 2.83. The third-order valence-electron chi connectivity index (χ3n) is 7.00. The Balaban J connectivity index is 1.55. The fourth-order valence-electron chi connectivity index (χ4n) is 5.19. The first-order valence-electron chi connectivity index (χ1n) is 12.4. The van der Waals surface area contributed by atoms with E-state index in [-0.39, 0.29) is 35.5 Å². The average molecular weight is 518 g/mol. The highest BCUT2D eigenvalue weighted by atomic mass is 19.1. The van der Waals surface area contributed by atoms with E-state index in [0.717, 1.165) is 5.56 Å². The van der Waals surface area contributed by atoms with Crippen LogP contribution in [0.15, 0.2) is 41.9 Å². The molecule has 3 aromatic rings. The molecule has 0 spiro atoms. The molecule has 2 aromatic heterocycles. The summed E-state index contributed by atoms with van der Waals surface area (Å²) in [7, 11) is 0. The number of aromatic nitrogens is 2. The maximum Gasteiger partial charge on any atom is 0.146 e. The van der Waals surface area contributed by atoms with Crippen LogP contribution in [0, 0.1) is 29.9 Å². The summed E-state index contributed by atoms with van der Waals surface area (Å²) in [6.45, 7) is 3.49. The Morgan fingerprint density at radius 1 is 1.21 bits per heavy atom. The molecule has 2 aliphatic heterocycles. The maximum atomic E-state index is 15.6. The number of aryl methyl sites for hydroxylation is 1. The third kappa shape index (κ3) is 4.71. The maximum absolute atomic E-state index is 15.6. The van der Waals surface area contributed by atoms with Crippen LogP contribution in [0.4, 0.5) is 14.5 Å². The lowest BCUT2D eigenvalue weighted by Gasteiger charge is -2.34. The van der Waals surface area contributed by atoms with Crippen LogP contribution in [0.3, 0.4) is 0 Å². The lowest BCUT2D eigenvalue weighted by atomic mass is 10.0. The molecule has 0 aliphatic carbocycles. The van der Waals surface area contributed by atoms with Crippen LogP contribution in [0.1, 0.15) is 30.5 Å². The summed E-state index contributed by atoms with van der Waals surface area (Å²) in [4.78, 5) is 30.6. The smallest absolute Gasteiger partial charge is 0.146 e. The molecule has 38 heavy (non-hydrogen) atoms. The third-order valence-corrected chi connectivity index (χ3v) is 7.00. The second kappa shape index (κ2) is 10.6. The Morgan fingerprint density at radius 3 is 2.71 bits per heavy atom. The number of hydrogen-bond donors (Lipinski definition) is 0. The Kier molecular flexibility index (Phi) is 7.08. The Hall–Kier alpha value is -4.28. The summed E-state index contributed by atoms with van der Waals surface area (Å²) < 4.78 is 38.9. The first-order chi connectivity index (χ1) is 18.4. The molecule has 4 heterocycles. The molecule has 0 N–H and O–H groups in total. The Morgan fingerprint density at radius 2 is 2.00 bits per heavy atom. The molecule has 0 radical (unpaired) electrons. The van der Waals surface area contributed by atoms with Crippen LogP contribution in [0.5, 0.6) is 0 Å². The van der Waals surface area contributed by atoms with E-state index in [9.17, 15) is 9.59 Å². The van der Waals surface area contributed by atoms with Gasteiger partial charge in [0.2, 0.25) is 0 Å². The molecule has 194 valence electrons. The molecular formula is C28H25F2N5O3. The lowest BCUT2D eigenvalue weighted by Crippen LogP contribution is -2.43. The minimum Gasteiger partial charge on any atom is -0.374 e. The monoisotopic (exact) mass is 517 g/mol. The fourth-order valence-corrected chi connectivity index (χ4v) is 5.19. The normalized spacial score (nSPS) is 17.4. The number of imidazole rings is 1. The molecule has 8 nitrogen and oxygen atoms in total. The number of anilines is 1. The van der Waals surface area contributed by atoms with Gasteiger partial charge in [0.15, 0.2) is 0 Å². The zero-order valence-electron chi connectivity index (χ0n) is 20.8. The molecule has 5 rings (SSSR count). The number of halogens is 2. The zero-order chi connectivity index (χ0) is 26.8. The first kappa shape index (κ1) is 25.4. The van der Waals surface area contributed by atoms with Crippen molar-refractivity contribution in [2.75, 3.05) is 31.1 Å². The molecule has 10 heteroatoms. The van der Waals surface area contributed by atoms with Crippen molar-refractivity contribution < 1.29 is 23.1 Å². The van der Waals surface area contributed by atoms with Gasteiger partial charge in [0.05, 0.1) is 42.2 Å². The highest BCUT2D eigenvalue weighted by molar-refractivity contribution is 5.73. The van der Waals surface area contributed by atoms with Crippen molar-refractivity contribution in [3.8, 4) is 17.3 Å². The minimum atomic E-state index is -0.787. The van der Waals surface area contributed by atoms with Crippen LogP contribution < -0.4 is 4.90 Å². The van der Waals surface area contributed by atoms with Crippen LogP contribution in [0.25, 0.3) is 16.9 Å². The van der Waals surface area contributed by atoms with Gasteiger partial charge in [-0.1, -0.05) is 0 Å². The van der Waals surface area contributed by atoms with Crippen LogP contribution in [-0.2, 0) is 20.7 Å². The van der Waals surface area contributed by atoms with Crippen molar-refractivity contribution in [1.29, 1.82) is 5.26 Å². The Labute approximate surface area is 218 Å². The summed E-state index contributed by atoms with van der Waals surface area (Å²) in [6.07, 6.45) is 2.81. The van der Waals surface area contributed by atoms with Gasteiger partial charge in [-0.15, -0.1) is 0 Å². The number of ether oxygens (including phenoxy) is 1. The number of benzene rings is 1. The van der Waals surface area contributed by atoms with Crippen molar-refractivity contribution in [3.63, 3.8) is 0 Å². The molecule has 0 saturated carbocycles. The standard InChI is InChI=1S/C28H25F2N5O3/c1-18-5-8-35-25(14-22-15-33(9-10-38-22)19(16-36)4-6-31)28(32-26(35)11-18)27-23(29)12-21(13-24(27)30)34-7-2-3-20(34)17-37/h5,8,11-13,22H,2-4,7,9-10,14-15H2,1H3/t22-/m0/s1. The summed E-state index contributed by atoms with van der Waals surface area (Å²) in [5.74, 6) is 2.14. The van der Waals surface area contributed by atoms with Crippen LogP contribution in [-0.4, -0.2) is 58.5 Å². The zero-order valence-corrected chi connectivity index (χ0v) is 20.8. The van der Waals surface area contributed by atoms with Gasteiger partial charge in [0.25, 0.3) is 0 Å². The quantitative estimate of drug-likeness (QED) is 0.460. The highest BCUT2D eigenvalue weighted by Crippen LogP contribution is 2.36. The van der Waals surface area contributed by atoms with Crippen LogP contribution in [0.2, 0.25) is 0 Å². The van der Waals surface area contributed by atoms with Crippen molar-refractivity contribution in [3.05, 3.63) is 64.7 Å². The lowest BCUT2D eigenvalue weighted by molar-refractivity contribution is -0.0163. The van der Waals surface area contributed by atoms with E-state index in [1.54, 1.807) is 20.4 Å². The van der Waals surface area contributed by atoms with E-state index in [2.05, 4.69) is 4.98 Å². The molecule has 2 fully saturated rings. The van der Waals surface area contributed by atoms with E-state index in [1.165, 1.54) is 12.1 Å². The van der Waals surface area contributed by atoms with E-state index in [4.69, 9.17) is 10.00 Å². The topological polar surface area (TPSA) is 90.9 Å². The summed E-state index contributed by atoms with van der Waals surface area (Å²) in [6, 6.07) is 8.13. The highest BCUT2D eigenvalue weighted by Gasteiger charge is 2.29. The number of morpholine rings is 1. The largest absolute Gasteiger partial charge is 0.374 e. The minimum absolute atomic E-state index is 0.0584. The van der Waals surface area contributed by atoms with Crippen molar-refractivity contribution in [2.24, 2.45) is 0 Å². The van der Waals surface area contributed by atoms with Gasteiger partial charge in [0, 0.05) is 44.4 Å². The number of allylic oxidation sites excluding steroid dienone is 2. The van der Waals surface area contributed by atoms with Crippen molar-refractivity contribution >= 4 is 23.2 Å². The number of rotatable bonds is 6. The predicted molar refractivity (Wildman–Crippen MR) is 136 cm³/mol. The molecule has 0 amide bonds. The van der Waals surface area contributed by atoms with Gasteiger partial charge >= 0.3 is 0 Å². The van der Waals surface area contributed by atoms with Crippen molar-refractivity contribution in [1.82, 2.24) is 14.3 Å². The molecule has 0 bridgehead atoms. The van der Waals surface area contributed by atoms with Crippen molar-refractivity contribution in [2.45, 2.75) is 38.7 Å². The number of carbonyl (C=O) groups excluding carboxylic acids is 2. The predicted octanol–water partition coefficient (Wildman–Crippen LogP) is 3.78. The van der Waals surface area contributed by atoms with Gasteiger partial charge in [-0.25, -0.2) is 23.4 Å². The number of pyridine rings is 1. The number of fused-ring (bicyclic) bond motifs is 1. The first-order valence-corrected chi connectivity index (χ1v) is 12.4. The van der Waals surface area contributed by atoms with Gasteiger partial charge < -0.3 is 18.9 Å². The molecule has 1 aromatic carbocycles. The van der Waals surface area contributed by atoms with Gasteiger partial charge in [-0.3, -0.25) is 0 Å². The average Bonchev–Trinajstić information content (AvgIpc) is 3.52. The number of nitriles is 1.